The number of rotatable bonds is 42. The molecule has 0 aliphatic carbocycles. The standard InChI is InChI=1S/C63H101NO14/c1-13-17-27-49(14-2)47-78-55(67)61(10,16-4)35-22-23-36-62(11,56(68)74-41-40-64-58(70)76-45-43-73-52-32-30-50(31-33-52)53(65)59(7,8)71)38-25-26-39-63(12,57(69)75-44-42-72-51-28-19-18-20-29-51)37-24-21-34-60(9,15-3)54(66)77-46-48(5)6/h18-20,28-33,48-49,71H,13-17,21-27,34-47H2,1-12H3,(H,64,70). The number of ether oxygens (including phenoxy) is 7. The number of alkyl carbamates (subject to hydrolysis) is 1. The molecule has 0 fully saturated rings. The lowest BCUT2D eigenvalue weighted by atomic mass is 9.75. The molecule has 0 spiro atoms. The third-order valence-corrected chi connectivity index (χ3v) is 15.4. The third kappa shape index (κ3) is 25.3. The summed E-state index contributed by atoms with van der Waals surface area (Å²) >= 11 is 0. The molecule has 15 nitrogen and oxygen atoms in total. The monoisotopic (exact) mass is 1100 g/mol. The van der Waals surface area contributed by atoms with Crippen molar-refractivity contribution in [2.24, 2.45) is 33.5 Å². The first-order valence-electron chi connectivity index (χ1n) is 29.2. The zero-order valence-electron chi connectivity index (χ0n) is 50.0. The highest BCUT2D eigenvalue weighted by molar-refractivity contribution is 6.01. The van der Waals surface area contributed by atoms with Crippen molar-refractivity contribution in [3.05, 3.63) is 60.2 Å². The van der Waals surface area contributed by atoms with Crippen LogP contribution in [0.15, 0.2) is 54.6 Å². The summed E-state index contributed by atoms with van der Waals surface area (Å²) in [6.07, 6.45) is 12.1. The van der Waals surface area contributed by atoms with Crippen LogP contribution in [0.4, 0.5) is 4.79 Å². The van der Waals surface area contributed by atoms with Gasteiger partial charge in [0.15, 0.2) is 5.78 Å². The summed E-state index contributed by atoms with van der Waals surface area (Å²) in [4.78, 5) is 79.6. The minimum atomic E-state index is -1.50. The van der Waals surface area contributed by atoms with Crippen molar-refractivity contribution in [3.63, 3.8) is 0 Å². The molecule has 2 aromatic rings. The van der Waals surface area contributed by atoms with Crippen LogP contribution < -0.4 is 14.8 Å². The van der Waals surface area contributed by atoms with Gasteiger partial charge < -0.3 is 43.6 Å². The Kier molecular flexibility index (Phi) is 31.3. The van der Waals surface area contributed by atoms with Crippen molar-refractivity contribution >= 4 is 35.8 Å². The highest BCUT2D eigenvalue weighted by Gasteiger charge is 2.39. The first-order chi connectivity index (χ1) is 36.9. The minimum Gasteiger partial charge on any atom is -0.490 e. The number of amides is 1. The summed E-state index contributed by atoms with van der Waals surface area (Å²) in [7, 11) is 0. The number of Topliss-reactive ketones (excluding diaryl/α,β-unsaturated/α-hetero) is 1. The molecule has 0 bridgehead atoms. The Hall–Kier alpha value is -5.18. The number of nitrogens with one attached hydrogen (secondary N) is 1. The van der Waals surface area contributed by atoms with Crippen LogP contribution in [0.1, 0.15) is 209 Å². The summed E-state index contributed by atoms with van der Waals surface area (Å²) in [6, 6.07) is 15.7. The van der Waals surface area contributed by atoms with Gasteiger partial charge in [0, 0.05) is 5.56 Å². The maximum absolute atomic E-state index is 14.1. The number of carbonyl (C=O) groups is 6. The van der Waals surface area contributed by atoms with Crippen molar-refractivity contribution in [2.75, 3.05) is 52.8 Å². The molecule has 0 heterocycles. The van der Waals surface area contributed by atoms with Gasteiger partial charge >= 0.3 is 30.0 Å². The molecule has 5 atom stereocenters. The number of benzene rings is 2. The van der Waals surface area contributed by atoms with Crippen LogP contribution in [0.5, 0.6) is 11.5 Å². The van der Waals surface area contributed by atoms with Gasteiger partial charge in [-0.1, -0.05) is 118 Å². The van der Waals surface area contributed by atoms with Crippen molar-refractivity contribution in [3.8, 4) is 11.5 Å². The quantitative estimate of drug-likeness (QED) is 0.0275. The van der Waals surface area contributed by atoms with Crippen molar-refractivity contribution in [1.29, 1.82) is 0 Å². The fraction of sp³-hybridized carbons (Fsp3) is 0.714. The highest BCUT2D eigenvalue weighted by Crippen LogP contribution is 2.39. The Morgan fingerprint density at radius 2 is 0.923 bits per heavy atom. The van der Waals surface area contributed by atoms with E-state index in [1.54, 1.807) is 24.3 Å². The van der Waals surface area contributed by atoms with Gasteiger partial charge in [0.1, 0.15) is 50.1 Å². The fourth-order valence-electron chi connectivity index (χ4n) is 9.13. The third-order valence-electron chi connectivity index (χ3n) is 15.4. The van der Waals surface area contributed by atoms with Crippen molar-refractivity contribution in [1.82, 2.24) is 5.32 Å². The van der Waals surface area contributed by atoms with Gasteiger partial charge in [0.05, 0.1) is 41.4 Å². The van der Waals surface area contributed by atoms with E-state index >= 15 is 0 Å². The van der Waals surface area contributed by atoms with Gasteiger partial charge in [-0.15, -0.1) is 0 Å². The maximum atomic E-state index is 14.1. The predicted molar refractivity (Wildman–Crippen MR) is 304 cm³/mol. The number of carbonyl (C=O) groups excluding carboxylic acids is 6. The normalized spacial score (nSPS) is 15.1. The Morgan fingerprint density at radius 3 is 1.36 bits per heavy atom. The van der Waals surface area contributed by atoms with E-state index < -0.39 is 45.1 Å². The lowest BCUT2D eigenvalue weighted by Gasteiger charge is -2.31. The number of ketones is 1. The summed E-state index contributed by atoms with van der Waals surface area (Å²) in [5, 5.41) is 12.6. The molecule has 78 heavy (non-hydrogen) atoms. The molecule has 0 aliphatic heterocycles. The van der Waals surface area contributed by atoms with E-state index in [1.165, 1.54) is 13.8 Å². The van der Waals surface area contributed by atoms with Crippen LogP contribution in [0.2, 0.25) is 0 Å². The molecule has 1 amide bonds. The average Bonchev–Trinajstić information content (AvgIpc) is 3.42. The lowest BCUT2D eigenvalue weighted by molar-refractivity contribution is -0.158. The molecule has 442 valence electrons. The molecule has 5 unspecified atom stereocenters. The van der Waals surface area contributed by atoms with Crippen LogP contribution in [-0.4, -0.2) is 99.3 Å². The zero-order valence-corrected chi connectivity index (χ0v) is 50.0. The van der Waals surface area contributed by atoms with Gasteiger partial charge in [0.2, 0.25) is 0 Å². The SMILES string of the molecule is CCCCC(CC)COC(=O)C(C)(CC)CCCCC(C)(CCCCC(C)(CCCCC(C)(CC)C(=O)OCC(C)C)C(=O)OCCOc1ccccc1)C(=O)OCCNC(=O)OCCOc1ccc(C(=O)C(C)(C)O)cc1. The predicted octanol–water partition coefficient (Wildman–Crippen LogP) is 13.4. The largest absolute Gasteiger partial charge is 0.490 e. The Bertz CT molecular complexity index is 2070. The van der Waals surface area contributed by atoms with E-state index in [1.807, 2.05) is 85.7 Å². The van der Waals surface area contributed by atoms with Gasteiger partial charge in [-0.2, -0.15) is 0 Å². The van der Waals surface area contributed by atoms with Crippen LogP contribution in [-0.2, 0) is 42.9 Å². The van der Waals surface area contributed by atoms with E-state index in [0.717, 1.165) is 32.1 Å². The molecule has 2 aromatic carbocycles. The fourth-order valence-corrected chi connectivity index (χ4v) is 9.13. The second kappa shape index (κ2) is 35.4. The van der Waals surface area contributed by atoms with E-state index in [0.29, 0.717) is 120 Å². The van der Waals surface area contributed by atoms with Crippen LogP contribution in [0.3, 0.4) is 0 Å². The highest BCUT2D eigenvalue weighted by atomic mass is 16.6. The average molecular weight is 1100 g/mol. The number of para-hydroxylation sites is 1. The first kappa shape index (κ1) is 68.9. The van der Waals surface area contributed by atoms with E-state index in [-0.39, 0.29) is 63.4 Å². The molecule has 0 saturated heterocycles. The van der Waals surface area contributed by atoms with E-state index in [2.05, 4.69) is 19.2 Å². The van der Waals surface area contributed by atoms with E-state index in [4.69, 9.17) is 33.2 Å². The van der Waals surface area contributed by atoms with Crippen LogP contribution in [0, 0.1) is 33.5 Å². The number of hydrogen-bond donors (Lipinski definition) is 2. The van der Waals surface area contributed by atoms with Crippen molar-refractivity contribution in [2.45, 2.75) is 204 Å². The molecular weight excluding hydrogens is 995 g/mol. The number of hydrogen-bond acceptors (Lipinski definition) is 14. The second-order valence-corrected chi connectivity index (χ2v) is 23.3. The second-order valence-electron chi connectivity index (χ2n) is 23.3. The van der Waals surface area contributed by atoms with Gasteiger partial charge in [-0.25, -0.2) is 4.79 Å². The molecule has 2 rings (SSSR count). The molecule has 2 N–H and O–H groups in total. The molecule has 15 heteroatoms. The number of aliphatic hydroxyl groups is 1. The number of unbranched alkanes of at least 4 members (excludes halogenated alkanes) is 4. The van der Waals surface area contributed by atoms with Gasteiger partial charge in [0.25, 0.3) is 0 Å². The van der Waals surface area contributed by atoms with E-state index in [9.17, 15) is 33.9 Å². The molecule has 0 aromatic heterocycles. The summed E-state index contributed by atoms with van der Waals surface area (Å²) in [5.41, 5.74) is -4.18. The summed E-state index contributed by atoms with van der Waals surface area (Å²) in [6.45, 7) is 23.9. The molecule has 0 saturated carbocycles. The molecule has 0 aliphatic rings. The van der Waals surface area contributed by atoms with Gasteiger partial charge in [-0.3, -0.25) is 24.0 Å². The molecule has 0 radical (unpaired) electrons. The lowest BCUT2D eigenvalue weighted by Crippen LogP contribution is -2.34. The summed E-state index contributed by atoms with van der Waals surface area (Å²) < 4.78 is 40.0. The summed E-state index contributed by atoms with van der Waals surface area (Å²) in [5.74, 6) is 0.229. The van der Waals surface area contributed by atoms with Gasteiger partial charge in [-0.05, 0) is 148 Å². The zero-order chi connectivity index (χ0) is 58.3. The Morgan fingerprint density at radius 1 is 0.500 bits per heavy atom. The van der Waals surface area contributed by atoms with Crippen LogP contribution in [0.25, 0.3) is 0 Å². The van der Waals surface area contributed by atoms with Crippen molar-refractivity contribution < 1.29 is 67.0 Å². The number of esters is 4. The maximum Gasteiger partial charge on any atom is 0.407 e. The Labute approximate surface area is 468 Å². The van der Waals surface area contributed by atoms with Crippen LogP contribution >= 0.6 is 0 Å². The first-order valence-corrected chi connectivity index (χ1v) is 29.2. The minimum absolute atomic E-state index is 0.0138. The topological polar surface area (TPSA) is 199 Å². The Balaban J connectivity index is 2.14. The smallest absolute Gasteiger partial charge is 0.407 e. The molecular formula is C63H101NO14.